The zero-order valence-corrected chi connectivity index (χ0v) is 18.5. The number of rotatable bonds is 9. The fourth-order valence-corrected chi connectivity index (χ4v) is 3.66. The van der Waals surface area contributed by atoms with Gasteiger partial charge in [0.05, 0.1) is 30.5 Å². The van der Waals surface area contributed by atoms with Gasteiger partial charge in [0.15, 0.2) is 11.5 Å². The minimum Gasteiger partial charge on any atom is -0.493 e. The Morgan fingerprint density at radius 3 is 2.56 bits per heavy atom. The monoisotopic (exact) mass is 444 g/mol. The average molecular weight is 444 g/mol. The second-order valence-electron chi connectivity index (χ2n) is 7.33. The number of hydrogen-bond acceptors (Lipinski definition) is 6. The van der Waals surface area contributed by atoms with Crippen molar-refractivity contribution in [1.29, 1.82) is 0 Å². The van der Waals surface area contributed by atoms with Crippen LogP contribution in [0.2, 0.25) is 0 Å². The number of aryl methyl sites for hydroxylation is 1. The van der Waals surface area contributed by atoms with Crippen LogP contribution in [0.15, 0.2) is 42.5 Å². The fraction of sp³-hybridized carbons (Fsp3) is 0.333. The Hall–Kier alpha value is -3.26. The van der Waals surface area contributed by atoms with E-state index in [1.165, 1.54) is 13.2 Å². The number of pyridine rings is 1. The van der Waals surface area contributed by atoms with Crippen molar-refractivity contribution in [2.45, 2.75) is 33.5 Å². The molecule has 0 aliphatic rings. The van der Waals surface area contributed by atoms with Crippen molar-refractivity contribution in [3.05, 3.63) is 64.8 Å². The highest BCUT2D eigenvalue weighted by Gasteiger charge is 2.21. The van der Waals surface area contributed by atoms with Crippen molar-refractivity contribution in [3.63, 3.8) is 0 Å². The molecule has 0 fully saturated rings. The number of halogens is 2. The fourth-order valence-electron chi connectivity index (χ4n) is 3.66. The molecule has 32 heavy (non-hydrogen) atoms. The summed E-state index contributed by atoms with van der Waals surface area (Å²) in [7, 11) is 3.28. The van der Waals surface area contributed by atoms with Gasteiger partial charge >= 0.3 is 12.6 Å². The Morgan fingerprint density at radius 2 is 1.88 bits per heavy atom. The lowest BCUT2D eigenvalue weighted by Gasteiger charge is -2.20. The first kappa shape index (κ1) is 23.4. The average Bonchev–Trinajstić information content (AvgIpc) is 2.74. The number of esters is 1. The van der Waals surface area contributed by atoms with Gasteiger partial charge in [0.1, 0.15) is 0 Å². The molecule has 3 aromatic rings. The van der Waals surface area contributed by atoms with Gasteiger partial charge in [-0.2, -0.15) is 8.78 Å². The molecule has 0 bridgehead atoms. The molecule has 3 rings (SSSR count). The lowest BCUT2D eigenvalue weighted by atomic mass is 10.0. The standard InChI is InChI=1S/C24H26F2N2O4/c1-5-31-23(29)22-15(2)17-8-6-7-9-18(17)27-19(22)14-28(3)13-16-10-11-20(32-24(25)26)21(12-16)30-4/h6-12,24H,5,13-14H2,1-4H3. The van der Waals surface area contributed by atoms with Gasteiger partial charge in [0, 0.05) is 18.5 Å². The summed E-state index contributed by atoms with van der Waals surface area (Å²) >= 11 is 0. The summed E-state index contributed by atoms with van der Waals surface area (Å²) in [4.78, 5) is 19.4. The van der Waals surface area contributed by atoms with E-state index in [0.717, 1.165) is 22.0 Å². The summed E-state index contributed by atoms with van der Waals surface area (Å²) in [6.45, 7) is 1.86. The molecule has 0 saturated heterocycles. The molecule has 0 radical (unpaired) electrons. The maximum absolute atomic E-state index is 12.7. The summed E-state index contributed by atoms with van der Waals surface area (Å²) in [5, 5.41) is 0.904. The van der Waals surface area contributed by atoms with Gasteiger partial charge in [0.2, 0.25) is 0 Å². The van der Waals surface area contributed by atoms with Crippen LogP contribution in [0.25, 0.3) is 10.9 Å². The van der Waals surface area contributed by atoms with Gasteiger partial charge in [-0.1, -0.05) is 24.3 Å². The number of alkyl halides is 2. The number of carbonyl (C=O) groups excluding carboxylic acids is 1. The number of ether oxygens (including phenoxy) is 3. The van der Waals surface area contributed by atoms with Crippen LogP contribution < -0.4 is 9.47 Å². The SMILES string of the molecule is CCOC(=O)c1c(CN(C)Cc2ccc(OC(F)F)c(OC)c2)nc2ccccc2c1C. The van der Waals surface area contributed by atoms with Crippen molar-refractivity contribution in [2.75, 3.05) is 20.8 Å². The molecular formula is C24H26F2N2O4. The Bertz CT molecular complexity index is 1100. The van der Waals surface area contributed by atoms with E-state index in [4.69, 9.17) is 14.5 Å². The normalized spacial score (nSPS) is 11.2. The van der Waals surface area contributed by atoms with E-state index in [1.807, 2.05) is 43.1 Å². The molecule has 8 heteroatoms. The minimum atomic E-state index is -2.93. The molecule has 1 aromatic heterocycles. The molecule has 0 spiro atoms. The largest absolute Gasteiger partial charge is 0.493 e. The van der Waals surface area contributed by atoms with Gasteiger partial charge in [-0.3, -0.25) is 9.88 Å². The van der Waals surface area contributed by atoms with Gasteiger partial charge in [0.25, 0.3) is 0 Å². The number of carbonyl (C=O) groups is 1. The first-order chi connectivity index (χ1) is 15.3. The third-order valence-electron chi connectivity index (χ3n) is 5.02. The quantitative estimate of drug-likeness (QED) is 0.435. The second kappa shape index (κ2) is 10.4. The highest BCUT2D eigenvalue weighted by molar-refractivity contribution is 5.98. The van der Waals surface area contributed by atoms with E-state index < -0.39 is 12.6 Å². The first-order valence-corrected chi connectivity index (χ1v) is 10.2. The number of nitrogens with zero attached hydrogens (tertiary/aromatic N) is 2. The molecule has 0 unspecified atom stereocenters. The van der Waals surface area contributed by atoms with E-state index >= 15 is 0 Å². The lowest BCUT2D eigenvalue weighted by molar-refractivity contribution is -0.0512. The predicted octanol–water partition coefficient (Wildman–Crippen LogP) is 4.96. The van der Waals surface area contributed by atoms with Crippen LogP contribution in [-0.2, 0) is 17.8 Å². The summed E-state index contributed by atoms with van der Waals surface area (Å²) < 4.78 is 40.1. The van der Waals surface area contributed by atoms with Crippen LogP contribution in [0.3, 0.4) is 0 Å². The number of aromatic nitrogens is 1. The van der Waals surface area contributed by atoms with Gasteiger partial charge in [-0.25, -0.2) is 4.79 Å². The summed E-state index contributed by atoms with van der Waals surface area (Å²) in [6, 6.07) is 12.5. The van der Waals surface area contributed by atoms with Gasteiger partial charge < -0.3 is 14.2 Å². The third-order valence-corrected chi connectivity index (χ3v) is 5.02. The van der Waals surface area contributed by atoms with Gasteiger partial charge in [-0.15, -0.1) is 0 Å². The number of para-hydroxylation sites is 1. The maximum Gasteiger partial charge on any atom is 0.387 e. The van der Waals surface area contributed by atoms with Crippen LogP contribution in [0.1, 0.15) is 34.1 Å². The Balaban J connectivity index is 1.88. The zero-order chi connectivity index (χ0) is 23.3. The van der Waals surface area contributed by atoms with E-state index in [0.29, 0.717) is 24.3 Å². The molecule has 6 nitrogen and oxygen atoms in total. The van der Waals surface area contributed by atoms with Crippen molar-refractivity contribution in [2.24, 2.45) is 0 Å². The van der Waals surface area contributed by atoms with E-state index in [-0.39, 0.29) is 18.1 Å². The lowest BCUT2D eigenvalue weighted by Crippen LogP contribution is -2.22. The van der Waals surface area contributed by atoms with E-state index in [1.54, 1.807) is 19.1 Å². The second-order valence-corrected chi connectivity index (χ2v) is 7.33. The smallest absolute Gasteiger partial charge is 0.387 e. The molecule has 1 heterocycles. The highest BCUT2D eigenvalue weighted by Crippen LogP contribution is 2.30. The van der Waals surface area contributed by atoms with Crippen LogP contribution >= 0.6 is 0 Å². The van der Waals surface area contributed by atoms with Crippen LogP contribution in [0.4, 0.5) is 8.78 Å². The minimum absolute atomic E-state index is 0.0229. The first-order valence-electron chi connectivity index (χ1n) is 10.2. The molecule has 2 aromatic carbocycles. The van der Waals surface area contributed by atoms with Gasteiger partial charge in [-0.05, 0) is 50.2 Å². The van der Waals surface area contributed by atoms with Crippen molar-refractivity contribution < 1.29 is 27.8 Å². The van der Waals surface area contributed by atoms with E-state index in [9.17, 15) is 13.6 Å². The topological polar surface area (TPSA) is 60.9 Å². The zero-order valence-electron chi connectivity index (χ0n) is 18.5. The van der Waals surface area contributed by atoms with Crippen molar-refractivity contribution in [1.82, 2.24) is 9.88 Å². The van der Waals surface area contributed by atoms with Crippen LogP contribution in [0.5, 0.6) is 11.5 Å². The number of benzene rings is 2. The molecule has 0 N–H and O–H groups in total. The molecule has 0 aliphatic carbocycles. The van der Waals surface area contributed by atoms with Crippen molar-refractivity contribution in [3.8, 4) is 11.5 Å². The molecule has 0 aliphatic heterocycles. The van der Waals surface area contributed by atoms with Crippen LogP contribution in [0, 0.1) is 6.92 Å². The molecule has 0 atom stereocenters. The number of hydrogen-bond donors (Lipinski definition) is 0. The Labute approximate surface area is 185 Å². The summed E-state index contributed by atoms with van der Waals surface area (Å²) in [5.41, 5.74) is 3.55. The number of fused-ring (bicyclic) bond motifs is 1. The summed E-state index contributed by atoms with van der Waals surface area (Å²) in [6.07, 6.45) is 0. The molecule has 0 saturated carbocycles. The molecule has 170 valence electrons. The highest BCUT2D eigenvalue weighted by atomic mass is 19.3. The molecule has 0 amide bonds. The Morgan fingerprint density at radius 1 is 1.12 bits per heavy atom. The maximum atomic E-state index is 12.7. The molecular weight excluding hydrogens is 418 g/mol. The Kier molecular flexibility index (Phi) is 7.58. The van der Waals surface area contributed by atoms with Crippen LogP contribution in [-0.4, -0.2) is 43.2 Å². The third kappa shape index (κ3) is 5.31. The van der Waals surface area contributed by atoms with Crippen molar-refractivity contribution >= 4 is 16.9 Å². The van der Waals surface area contributed by atoms with E-state index in [2.05, 4.69) is 4.74 Å². The summed E-state index contributed by atoms with van der Waals surface area (Å²) in [5.74, 6) is -0.199. The predicted molar refractivity (Wildman–Crippen MR) is 117 cm³/mol. The number of methoxy groups -OCH3 is 1.